The number of piperidine rings is 1. The minimum absolute atomic E-state index is 0.0383. The van der Waals surface area contributed by atoms with E-state index in [2.05, 4.69) is 64.1 Å². The average Bonchev–Trinajstić information content (AvgIpc) is 3.57. The molecule has 3 aliphatic carbocycles. The van der Waals surface area contributed by atoms with E-state index < -0.39 is 15.4 Å². The van der Waals surface area contributed by atoms with Gasteiger partial charge in [0.25, 0.3) is 0 Å². The molecular weight excluding hydrogens is 476 g/mol. The number of fused-ring (bicyclic) bond motifs is 4. The third-order valence-corrected chi connectivity index (χ3v) is 12.5. The van der Waals surface area contributed by atoms with E-state index in [4.69, 9.17) is 0 Å². The van der Waals surface area contributed by atoms with E-state index in [-0.39, 0.29) is 35.0 Å². The van der Waals surface area contributed by atoms with Gasteiger partial charge in [-0.3, -0.25) is 4.79 Å². The number of carbonyl (C=O) groups is 1. The molecule has 0 unspecified atom stereocenters. The Labute approximate surface area is 212 Å². The van der Waals surface area contributed by atoms with Gasteiger partial charge < -0.3 is 5.32 Å². The zero-order valence-corrected chi connectivity index (χ0v) is 22.0. The normalized spacial score (nSPS) is 30.5. The fraction of sp³-hybridized carbons (Fsp3) is 0.692. The predicted molar refractivity (Wildman–Crippen MR) is 134 cm³/mol. The van der Waals surface area contributed by atoms with Crippen LogP contribution in [0.4, 0.5) is 0 Å². The lowest BCUT2D eigenvalue weighted by Crippen LogP contribution is -2.55. The maximum Gasteiger partial charge on any atom is 0.228 e. The number of carbonyl (C=O) groups excluding carboxylic acids is 1. The first-order valence-corrected chi connectivity index (χ1v) is 14.8. The molecule has 194 valence electrons. The Kier molecular flexibility index (Phi) is 5.57. The second kappa shape index (κ2) is 8.34. The molecule has 3 fully saturated rings. The summed E-state index contributed by atoms with van der Waals surface area (Å²) in [4.78, 5) is 12.8. The predicted octanol–water partition coefficient (Wildman–Crippen LogP) is 2.36. The molecule has 2 aromatic rings. The summed E-state index contributed by atoms with van der Waals surface area (Å²) in [6.07, 6.45) is 6.67. The van der Waals surface area contributed by atoms with E-state index in [0.29, 0.717) is 24.8 Å². The van der Waals surface area contributed by atoms with Gasteiger partial charge in [0.05, 0.1) is 12.2 Å². The summed E-state index contributed by atoms with van der Waals surface area (Å²) in [5.41, 5.74) is 2.35. The van der Waals surface area contributed by atoms with E-state index in [1.165, 1.54) is 11.1 Å². The molecule has 6 rings (SSSR count). The number of nitrogens with one attached hydrogen (secondary N) is 2. The quantitative estimate of drug-likeness (QED) is 0.613. The zero-order chi connectivity index (χ0) is 25.2. The molecule has 1 amide bonds. The maximum atomic E-state index is 13.9. The first kappa shape index (κ1) is 24.0. The molecule has 2 N–H and O–H groups in total. The number of rotatable bonds is 6. The van der Waals surface area contributed by atoms with Crippen molar-refractivity contribution in [2.24, 2.45) is 16.7 Å². The smallest absolute Gasteiger partial charge is 0.228 e. The third-order valence-electron chi connectivity index (χ3n) is 10.4. The molecule has 4 aliphatic rings. The van der Waals surface area contributed by atoms with E-state index in [9.17, 15) is 13.2 Å². The van der Waals surface area contributed by atoms with Crippen molar-refractivity contribution in [3.05, 3.63) is 41.2 Å². The number of tetrazole rings is 1. The third kappa shape index (κ3) is 3.62. The van der Waals surface area contributed by atoms with Gasteiger partial charge in [0.2, 0.25) is 15.9 Å². The largest absolute Gasteiger partial charge is 0.352 e. The van der Waals surface area contributed by atoms with Crippen LogP contribution in [0.25, 0.3) is 0 Å². The van der Waals surface area contributed by atoms with Crippen molar-refractivity contribution in [2.45, 2.75) is 76.7 Å². The molecule has 2 heterocycles. The fourth-order valence-electron chi connectivity index (χ4n) is 8.16. The summed E-state index contributed by atoms with van der Waals surface area (Å²) in [6, 6.07) is 8.51. The summed E-state index contributed by atoms with van der Waals surface area (Å²) in [6.45, 7) is 5.55. The summed E-state index contributed by atoms with van der Waals surface area (Å²) >= 11 is 0. The highest BCUT2D eigenvalue weighted by molar-refractivity contribution is 7.89. The number of aromatic amines is 1. The molecule has 3 atom stereocenters. The van der Waals surface area contributed by atoms with Crippen LogP contribution in [0.1, 0.15) is 69.3 Å². The van der Waals surface area contributed by atoms with Gasteiger partial charge in [0.1, 0.15) is 0 Å². The number of amides is 1. The van der Waals surface area contributed by atoms with Gasteiger partial charge >= 0.3 is 0 Å². The van der Waals surface area contributed by atoms with E-state index in [1.54, 1.807) is 4.31 Å². The monoisotopic (exact) mass is 512 g/mol. The van der Waals surface area contributed by atoms with Crippen molar-refractivity contribution in [2.75, 3.05) is 18.8 Å². The Morgan fingerprint density at radius 1 is 1.17 bits per heavy atom. The van der Waals surface area contributed by atoms with Crippen molar-refractivity contribution in [3.63, 3.8) is 0 Å². The number of hydrogen-bond donors (Lipinski definition) is 2. The van der Waals surface area contributed by atoms with Gasteiger partial charge in [-0.15, -0.1) is 10.2 Å². The van der Waals surface area contributed by atoms with Crippen LogP contribution in [-0.2, 0) is 33.1 Å². The van der Waals surface area contributed by atoms with Crippen LogP contribution in [-0.4, -0.2) is 64.1 Å². The van der Waals surface area contributed by atoms with Crippen molar-refractivity contribution >= 4 is 15.9 Å². The summed E-state index contributed by atoms with van der Waals surface area (Å²) in [5, 5.41) is 16.8. The number of nitrogens with zero attached hydrogens (tertiary/aromatic N) is 4. The Morgan fingerprint density at radius 2 is 1.94 bits per heavy atom. The maximum absolute atomic E-state index is 13.9. The average molecular weight is 513 g/mol. The SMILES string of the molecule is CC1(C)[C@@H]2CC[C@@]1(CS(=O)(=O)N1CCC3(CCc4ccccc43)CC1)[C@@H](NC(=O)Cc1nn[nH]n1)C2. The van der Waals surface area contributed by atoms with Gasteiger partial charge in [-0.1, -0.05) is 43.3 Å². The highest BCUT2D eigenvalue weighted by Crippen LogP contribution is 2.66. The second-order valence-electron chi connectivity index (χ2n) is 12.1. The summed E-state index contributed by atoms with van der Waals surface area (Å²) in [7, 11) is -3.48. The number of hydrogen-bond acceptors (Lipinski definition) is 6. The molecule has 1 aromatic carbocycles. The van der Waals surface area contributed by atoms with Crippen molar-refractivity contribution in [3.8, 4) is 0 Å². The molecule has 0 radical (unpaired) electrons. The molecule has 2 bridgehead atoms. The summed E-state index contributed by atoms with van der Waals surface area (Å²) in [5.74, 6) is 0.664. The number of aromatic nitrogens is 4. The number of benzene rings is 1. The van der Waals surface area contributed by atoms with Crippen LogP contribution in [0.5, 0.6) is 0 Å². The number of sulfonamides is 1. The minimum atomic E-state index is -3.48. The van der Waals surface area contributed by atoms with Crippen LogP contribution < -0.4 is 5.32 Å². The number of aryl methyl sites for hydroxylation is 1. The van der Waals surface area contributed by atoms with Crippen molar-refractivity contribution < 1.29 is 13.2 Å². The Balaban J connectivity index is 1.19. The molecule has 1 aliphatic heterocycles. The van der Waals surface area contributed by atoms with Crippen LogP contribution in [0.15, 0.2) is 24.3 Å². The highest BCUT2D eigenvalue weighted by Gasteiger charge is 2.66. The zero-order valence-electron chi connectivity index (χ0n) is 21.2. The van der Waals surface area contributed by atoms with Gasteiger partial charge in [-0.05, 0) is 72.8 Å². The summed E-state index contributed by atoms with van der Waals surface area (Å²) < 4.78 is 29.6. The first-order valence-electron chi connectivity index (χ1n) is 13.2. The van der Waals surface area contributed by atoms with Crippen LogP contribution in [0.2, 0.25) is 0 Å². The highest BCUT2D eigenvalue weighted by atomic mass is 32.2. The molecule has 2 saturated carbocycles. The Bertz CT molecular complexity index is 1250. The van der Waals surface area contributed by atoms with E-state index in [1.807, 2.05) is 0 Å². The minimum Gasteiger partial charge on any atom is -0.352 e. The molecular formula is C26H36N6O3S. The number of H-pyrrole nitrogens is 1. The van der Waals surface area contributed by atoms with Crippen LogP contribution in [0.3, 0.4) is 0 Å². The van der Waals surface area contributed by atoms with Gasteiger partial charge in [-0.2, -0.15) is 5.21 Å². The van der Waals surface area contributed by atoms with Gasteiger partial charge in [0.15, 0.2) is 5.82 Å². The lowest BCUT2D eigenvalue weighted by Gasteiger charge is -2.45. The van der Waals surface area contributed by atoms with E-state index >= 15 is 0 Å². The van der Waals surface area contributed by atoms with Gasteiger partial charge in [-0.25, -0.2) is 12.7 Å². The lowest BCUT2D eigenvalue weighted by molar-refractivity contribution is -0.122. The van der Waals surface area contributed by atoms with Gasteiger partial charge in [0, 0.05) is 24.5 Å². The molecule has 1 spiro atoms. The molecule has 1 aromatic heterocycles. The van der Waals surface area contributed by atoms with Crippen LogP contribution >= 0.6 is 0 Å². The molecule has 36 heavy (non-hydrogen) atoms. The van der Waals surface area contributed by atoms with Crippen molar-refractivity contribution in [1.82, 2.24) is 30.2 Å². The lowest BCUT2D eigenvalue weighted by atomic mass is 9.69. The standard InChI is InChI=1S/C26H36N6O3S/c1-24(2)19-8-10-26(24,21(15-19)27-23(33)16-22-28-30-31-29-22)17-36(34,35)32-13-11-25(12-14-32)9-7-18-5-3-4-6-20(18)25/h3-6,19,21H,7-17H2,1-2H3,(H,27,33)(H,28,29,30,31)/t19-,21+,26-/m1/s1. The second-order valence-corrected chi connectivity index (χ2v) is 14.0. The Hall–Kier alpha value is -2.33. The molecule has 9 nitrogen and oxygen atoms in total. The first-order chi connectivity index (χ1) is 17.2. The van der Waals surface area contributed by atoms with Crippen molar-refractivity contribution in [1.29, 1.82) is 0 Å². The molecule has 10 heteroatoms. The Morgan fingerprint density at radius 3 is 2.67 bits per heavy atom. The molecule has 1 saturated heterocycles. The topological polar surface area (TPSA) is 121 Å². The fourth-order valence-corrected chi connectivity index (χ4v) is 10.5. The van der Waals surface area contributed by atoms with Crippen LogP contribution in [0, 0.1) is 16.7 Å². The van der Waals surface area contributed by atoms with E-state index in [0.717, 1.165) is 44.9 Å².